The van der Waals surface area contributed by atoms with Gasteiger partial charge in [0.2, 0.25) is 5.91 Å². The molecule has 0 saturated carbocycles. The number of likely N-dealkylation sites (N-methyl/N-ethyl adjacent to an activating group) is 1. The predicted octanol–water partition coefficient (Wildman–Crippen LogP) is 2.31. The summed E-state index contributed by atoms with van der Waals surface area (Å²) in [6.07, 6.45) is 1.74. The third-order valence-corrected chi connectivity index (χ3v) is 2.74. The van der Waals surface area contributed by atoms with Crippen LogP contribution in [0.25, 0.3) is 0 Å². The number of hydrogen-bond donors (Lipinski definition) is 0. The number of carbonyl (C=O) groups excluding carboxylic acids is 1. The average molecular weight is 183 g/mol. The predicted molar refractivity (Wildman–Crippen MR) is 56.5 cm³/mol. The molecule has 0 aliphatic carbocycles. The van der Waals surface area contributed by atoms with E-state index in [1.165, 1.54) is 0 Å². The molecule has 0 bridgehead atoms. The highest BCUT2D eigenvalue weighted by atomic mass is 16.2. The van der Waals surface area contributed by atoms with Crippen LogP contribution in [0.4, 0.5) is 0 Å². The summed E-state index contributed by atoms with van der Waals surface area (Å²) in [6.45, 7) is 12.3. The molecule has 0 rings (SSSR count). The summed E-state index contributed by atoms with van der Waals surface area (Å²) in [5.74, 6) is 0.537. The molecule has 1 amide bonds. The summed E-state index contributed by atoms with van der Waals surface area (Å²) in [5, 5.41) is 0. The van der Waals surface area contributed by atoms with Crippen molar-refractivity contribution in [2.75, 3.05) is 13.6 Å². The van der Waals surface area contributed by atoms with Gasteiger partial charge in [-0.25, -0.2) is 0 Å². The lowest BCUT2D eigenvalue weighted by atomic mass is 9.80. The van der Waals surface area contributed by atoms with E-state index in [4.69, 9.17) is 0 Å². The molecule has 0 aromatic rings. The van der Waals surface area contributed by atoms with Crippen LogP contribution in [0, 0.1) is 11.3 Å². The van der Waals surface area contributed by atoms with Gasteiger partial charge in [-0.1, -0.05) is 33.8 Å². The van der Waals surface area contributed by atoms with Crippen molar-refractivity contribution in [2.24, 2.45) is 11.3 Å². The van der Waals surface area contributed by atoms with Gasteiger partial charge in [0.15, 0.2) is 0 Å². The fraction of sp³-hybridized carbons (Fsp3) is 0.727. The molecule has 0 fully saturated rings. The lowest BCUT2D eigenvalue weighted by Crippen LogP contribution is -2.41. The van der Waals surface area contributed by atoms with Gasteiger partial charge in [-0.15, -0.1) is 6.58 Å². The Morgan fingerprint density at radius 3 is 2.31 bits per heavy atom. The van der Waals surface area contributed by atoms with Crippen LogP contribution in [0.2, 0.25) is 0 Å². The van der Waals surface area contributed by atoms with E-state index in [9.17, 15) is 4.79 Å². The van der Waals surface area contributed by atoms with Crippen LogP contribution in [0.1, 0.15) is 27.7 Å². The van der Waals surface area contributed by atoms with Crippen molar-refractivity contribution in [3.05, 3.63) is 12.7 Å². The second-order valence-corrected chi connectivity index (χ2v) is 4.35. The Bertz CT molecular complexity index is 194. The Morgan fingerprint density at radius 1 is 1.54 bits per heavy atom. The van der Waals surface area contributed by atoms with Gasteiger partial charge in [-0.3, -0.25) is 4.79 Å². The quantitative estimate of drug-likeness (QED) is 0.612. The summed E-state index contributed by atoms with van der Waals surface area (Å²) < 4.78 is 0. The van der Waals surface area contributed by atoms with Crippen LogP contribution in [-0.4, -0.2) is 24.4 Å². The van der Waals surface area contributed by atoms with Crippen molar-refractivity contribution < 1.29 is 4.79 Å². The van der Waals surface area contributed by atoms with Crippen LogP contribution < -0.4 is 0 Å². The van der Waals surface area contributed by atoms with E-state index in [-0.39, 0.29) is 11.3 Å². The molecule has 0 atom stereocenters. The summed E-state index contributed by atoms with van der Waals surface area (Å²) in [6, 6.07) is 0. The Balaban J connectivity index is 4.48. The maximum absolute atomic E-state index is 11.9. The summed E-state index contributed by atoms with van der Waals surface area (Å²) in [7, 11) is 1.81. The molecule has 0 N–H and O–H groups in total. The minimum atomic E-state index is -0.280. The molecule has 0 saturated heterocycles. The number of nitrogens with zero attached hydrogens (tertiary/aromatic N) is 1. The minimum Gasteiger partial charge on any atom is -0.342 e. The molecule has 0 unspecified atom stereocenters. The highest BCUT2D eigenvalue weighted by molar-refractivity contribution is 5.82. The van der Waals surface area contributed by atoms with E-state index >= 15 is 0 Å². The van der Waals surface area contributed by atoms with E-state index in [2.05, 4.69) is 20.4 Å². The Labute approximate surface area is 81.6 Å². The van der Waals surface area contributed by atoms with Crippen molar-refractivity contribution in [3.8, 4) is 0 Å². The van der Waals surface area contributed by atoms with Crippen LogP contribution in [0.5, 0.6) is 0 Å². The first kappa shape index (κ1) is 12.2. The largest absolute Gasteiger partial charge is 0.342 e. The highest BCUT2D eigenvalue weighted by Crippen LogP contribution is 2.27. The molecule has 0 radical (unpaired) electrons. The van der Waals surface area contributed by atoms with Crippen LogP contribution in [-0.2, 0) is 4.79 Å². The standard InChI is InChI=1S/C11H21NO/c1-7-8-12(6)10(13)11(4,5)9(2)3/h7,9H,1,8H2,2-6H3. The zero-order chi connectivity index (χ0) is 10.6. The molecule has 0 aromatic heterocycles. The topological polar surface area (TPSA) is 20.3 Å². The van der Waals surface area contributed by atoms with Crippen molar-refractivity contribution in [3.63, 3.8) is 0 Å². The number of amides is 1. The van der Waals surface area contributed by atoms with Crippen LogP contribution in [0.15, 0.2) is 12.7 Å². The molecule has 0 heterocycles. The van der Waals surface area contributed by atoms with E-state index < -0.39 is 0 Å². The molecule has 0 spiro atoms. The van der Waals surface area contributed by atoms with Gasteiger partial charge < -0.3 is 4.90 Å². The van der Waals surface area contributed by atoms with E-state index in [0.29, 0.717) is 12.5 Å². The first-order chi connectivity index (χ1) is 5.84. The lowest BCUT2D eigenvalue weighted by Gasteiger charge is -2.32. The van der Waals surface area contributed by atoms with Crippen molar-refractivity contribution >= 4 is 5.91 Å². The van der Waals surface area contributed by atoms with Gasteiger partial charge in [0, 0.05) is 19.0 Å². The lowest BCUT2D eigenvalue weighted by molar-refractivity contribution is -0.140. The van der Waals surface area contributed by atoms with E-state index in [1.807, 2.05) is 20.9 Å². The van der Waals surface area contributed by atoms with E-state index in [0.717, 1.165) is 0 Å². The Kier molecular flexibility index (Phi) is 4.18. The first-order valence-corrected chi connectivity index (χ1v) is 4.70. The highest BCUT2D eigenvalue weighted by Gasteiger charge is 2.32. The number of rotatable bonds is 4. The van der Waals surface area contributed by atoms with Gasteiger partial charge in [-0.2, -0.15) is 0 Å². The van der Waals surface area contributed by atoms with Gasteiger partial charge in [0.1, 0.15) is 0 Å². The van der Waals surface area contributed by atoms with Crippen LogP contribution >= 0.6 is 0 Å². The fourth-order valence-electron chi connectivity index (χ4n) is 1.02. The van der Waals surface area contributed by atoms with Crippen molar-refractivity contribution in [2.45, 2.75) is 27.7 Å². The maximum Gasteiger partial charge on any atom is 0.228 e. The Morgan fingerprint density at radius 2 is 2.00 bits per heavy atom. The summed E-state index contributed by atoms with van der Waals surface area (Å²) >= 11 is 0. The summed E-state index contributed by atoms with van der Waals surface area (Å²) in [4.78, 5) is 13.6. The third-order valence-electron chi connectivity index (χ3n) is 2.74. The molecule has 13 heavy (non-hydrogen) atoms. The van der Waals surface area contributed by atoms with Crippen LogP contribution in [0.3, 0.4) is 0 Å². The smallest absolute Gasteiger partial charge is 0.228 e. The Hall–Kier alpha value is -0.790. The van der Waals surface area contributed by atoms with Crippen molar-refractivity contribution in [1.29, 1.82) is 0 Å². The van der Waals surface area contributed by atoms with E-state index in [1.54, 1.807) is 11.0 Å². The average Bonchev–Trinajstić information content (AvgIpc) is 2.03. The second kappa shape index (κ2) is 4.45. The monoisotopic (exact) mass is 183 g/mol. The van der Waals surface area contributed by atoms with Gasteiger partial charge >= 0.3 is 0 Å². The maximum atomic E-state index is 11.9. The SMILES string of the molecule is C=CCN(C)C(=O)C(C)(C)C(C)C. The zero-order valence-corrected chi connectivity index (χ0v) is 9.42. The molecule has 0 aromatic carbocycles. The molecule has 2 nitrogen and oxygen atoms in total. The number of hydrogen-bond acceptors (Lipinski definition) is 1. The molecule has 76 valence electrons. The normalized spacial score (nSPS) is 11.5. The molecule has 0 aliphatic rings. The van der Waals surface area contributed by atoms with Gasteiger partial charge in [0.05, 0.1) is 0 Å². The molecule has 0 aliphatic heterocycles. The van der Waals surface area contributed by atoms with Gasteiger partial charge in [-0.05, 0) is 5.92 Å². The first-order valence-electron chi connectivity index (χ1n) is 4.70. The minimum absolute atomic E-state index is 0.183. The second-order valence-electron chi connectivity index (χ2n) is 4.35. The third kappa shape index (κ3) is 2.87. The molecular formula is C11H21NO. The molecule has 2 heteroatoms. The van der Waals surface area contributed by atoms with Crippen molar-refractivity contribution in [1.82, 2.24) is 4.90 Å². The fourth-order valence-corrected chi connectivity index (χ4v) is 1.02. The molecular weight excluding hydrogens is 162 g/mol. The van der Waals surface area contributed by atoms with Gasteiger partial charge in [0.25, 0.3) is 0 Å². The zero-order valence-electron chi connectivity index (χ0n) is 9.42. The summed E-state index contributed by atoms with van der Waals surface area (Å²) in [5.41, 5.74) is -0.280. The number of carbonyl (C=O) groups is 1.